The van der Waals surface area contributed by atoms with Crippen molar-refractivity contribution >= 4 is 11.7 Å². The Labute approximate surface area is 89.1 Å². The predicted molar refractivity (Wildman–Crippen MR) is 60.0 cm³/mol. The second kappa shape index (κ2) is 4.79. The van der Waals surface area contributed by atoms with E-state index in [1.807, 2.05) is 32.0 Å². The normalized spacial score (nSPS) is 12.2. The van der Waals surface area contributed by atoms with Crippen molar-refractivity contribution in [3.8, 4) is 0 Å². The topological polar surface area (TPSA) is 75.3 Å². The maximum atomic E-state index is 10.5. The second-order valence-corrected chi connectivity index (χ2v) is 3.59. The molecule has 15 heavy (non-hydrogen) atoms. The fraction of sp³-hybridized carbons (Fsp3) is 0.364. The molecule has 0 aliphatic carbocycles. The number of carboxylic acid groups (broad SMARTS) is 1. The van der Waals surface area contributed by atoms with Crippen LogP contribution in [0.3, 0.4) is 0 Å². The number of benzene rings is 1. The van der Waals surface area contributed by atoms with Gasteiger partial charge in [-0.1, -0.05) is 18.2 Å². The Balaban J connectivity index is 2.69. The lowest BCUT2D eigenvalue weighted by Crippen LogP contribution is -2.37. The number of nitrogens with two attached hydrogens (primary N) is 1. The first-order valence-electron chi connectivity index (χ1n) is 4.81. The van der Waals surface area contributed by atoms with Crippen LogP contribution in [0.1, 0.15) is 11.1 Å². The number of anilines is 1. The smallest absolute Gasteiger partial charge is 0.322 e. The molecule has 0 spiro atoms. The third-order valence-corrected chi connectivity index (χ3v) is 2.30. The molecule has 0 fully saturated rings. The Morgan fingerprint density at radius 2 is 2.00 bits per heavy atom. The Bertz CT molecular complexity index is 343. The number of rotatable bonds is 4. The van der Waals surface area contributed by atoms with Crippen molar-refractivity contribution in [2.24, 2.45) is 5.73 Å². The molecule has 0 aliphatic heterocycles. The molecule has 82 valence electrons. The minimum atomic E-state index is -0.992. The van der Waals surface area contributed by atoms with Gasteiger partial charge in [0.25, 0.3) is 0 Å². The van der Waals surface area contributed by atoms with Crippen LogP contribution in [-0.4, -0.2) is 23.7 Å². The van der Waals surface area contributed by atoms with Crippen molar-refractivity contribution in [2.45, 2.75) is 19.9 Å². The van der Waals surface area contributed by atoms with Crippen LogP contribution in [0.2, 0.25) is 0 Å². The van der Waals surface area contributed by atoms with Crippen molar-refractivity contribution in [2.75, 3.05) is 11.9 Å². The largest absolute Gasteiger partial charge is 0.480 e. The molecule has 0 amide bonds. The number of hydrogen-bond donors (Lipinski definition) is 3. The van der Waals surface area contributed by atoms with Crippen LogP contribution >= 0.6 is 0 Å². The van der Waals surface area contributed by atoms with Gasteiger partial charge in [-0.05, 0) is 25.0 Å². The second-order valence-electron chi connectivity index (χ2n) is 3.59. The number of para-hydroxylation sites is 1. The quantitative estimate of drug-likeness (QED) is 0.693. The van der Waals surface area contributed by atoms with Gasteiger partial charge in [0.15, 0.2) is 0 Å². The molecule has 0 aliphatic rings. The lowest BCUT2D eigenvalue weighted by molar-refractivity contribution is -0.138. The van der Waals surface area contributed by atoms with Crippen LogP contribution in [-0.2, 0) is 4.79 Å². The first-order valence-corrected chi connectivity index (χ1v) is 4.81. The summed E-state index contributed by atoms with van der Waals surface area (Å²) in [5.74, 6) is -0.992. The average Bonchev–Trinajstić information content (AvgIpc) is 2.16. The first-order chi connectivity index (χ1) is 7.02. The molecule has 1 unspecified atom stereocenters. The van der Waals surface area contributed by atoms with E-state index >= 15 is 0 Å². The zero-order valence-electron chi connectivity index (χ0n) is 8.95. The van der Waals surface area contributed by atoms with E-state index in [9.17, 15) is 4.79 Å². The summed E-state index contributed by atoms with van der Waals surface area (Å²) in [4.78, 5) is 10.5. The highest BCUT2D eigenvalue weighted by Gasteiger charge is 2.11. The van der Waals surface area contributed by atoms with Crippen molar-refractivity contribution in [3.05, 3.63) is 29.3 Å². The highest BCUT2D eigenvalue weighted by molar-refractivity contribution is 5.74. The predicted octanol–water partition coefficient (Wildman–Crippen LogP) is 1.13. The Morgan fingerprint density at radius 3 is 2.47 bits per heavy atom. The van der Waals surface area contributed by atoms with E-state index in [2.05, 4.69) is 5.32 Å². The standard InChI is InChI=1S/C11H16N2O2/c1-7-4-3-5-8(2)10(7)13-6-9(12)11(14)15/h3-5,9,13H,6,12H2,1-2H3,(H,14,15). The van der Waals surface area contributed by atoms with Crippen LogP contribution in [0.25, 0.3) is 0 Å². The molecule has 0 radical (unpaired) electrons. The van der Waals surface area contributed by atoms with Gasteiger partial charge in [0.05, 0.1) is 0 Å². The molecule has 4 heteroatoms. The molecule has 1 aromatic carbocycles. The average molecular weight is 208 g/mol. The third kappa shape index (κ3) is 2.95. The summed E-state index contributed by atoms with van der Waals surface area (Å²) >= 11 is 0. The van der Waals surface area contributed by atoms with Gasteiger partial charge in [-0.25, -0.2) is 0 Å². The van der Waals surface area contributed by atoms with Gasteiger partial charge >= 0.3 is 5.97 Å². The minimum Gasteiger partial charge on any atom is -0.480 e. The van der Waals surface area contributed by atoms with Crippen molar-refractivity contribution in [3.63, 3.8) is 0 Å². The zero-order chi connectivity index (χ0) is 11.4. The molecular weight excluding hydrogens is 192 g/mol. The summed E-state index contributed by atoms with van der Waals surface area (Å²) in [6, 6.07) is 5.04. The molecule has 4 N–H and O–H groups in total. The molecule has 0 saturated heterocycles. The summed E-state index contributed by atoms with van der Waals surface area (Å²) < 4.78 is 0. The molecule has 1 aromatic rings. The summed E-state index contributed by atoms with van der Waals surface area (Å²) in [6.07, 6.45) is 0. The first kappa shape index (κ1) is 11.5. The number of aliphatic carboxylic acids is 1. The lowest BCUT2D eigenvalue weighted by atomic mass is 10.1. The fourth-order valence-electron chi connectivity index (χ4n) is 1.39. The summed E-state index contributed by atoms with van der Waals surface area (Å²) in [5, 5.41) is 11.7. The van der Waals surface area contributed by atoms with E-state index in [1.165, 1.54) is 0 Å². The minimum absolute atomic E-state index is 0.237. The lowest BCUT2D eigenvalue weighted by Gasteiger charge is -2.14. The number of carbonyl (C=O) groups is 1. The highest BCUT2D eigenvalue weighted by atomic mass is 16.4. The third-order valence-electron chi connectivity index (χ3n) is 2.30. The summed E-state index contributed by atoms with van der Waals surface area (Å²) in [7, 11) is 0. The molecule has 0 heterocycles. The van der Waals surface area contributed by atoms with Gasteiger partial charge in [-0.3, -0.25) is 4.79 Å². The molecular formula is C11H16N2O2. The van der Waals surface area contributed by atoms with Crippen molar-refractivity contribution in [1.29, 1.82) is 0 Å². The van der Waals surface area contributed by atoms with Crippen LogP contribution in [0.4, 0.5) is 5.69 Å². The number of hydrogen-bond acceptors (Lipinski definition) is 3. The monoisotopic (exact) mass is 208 g/mol. The van der Waals surface area contributed by atoms with E-state index in [0.29, 0.717) is 0 Å². The van der Waals surface area contributed by atoms with E-state index in [1.54, 1.807) is 0 Å². The van der Waals surface area contributed by atoms with E-state index in [-0.39, 0.29) is 6.54 Å². The molecule has 1 rings (SSSR count). The molecule has 0 saturated carbocycles. The molecule has 4 nitrogen and oxygen atoms in total. The summed E-state index contributed by atoms with van der Waals surface area (Å²) in [5.41, 5.74) is 8.55. The van der Waals surface area contributed by atoms with Gasteiger partial charge in [0.1, 0.15) is 6.04 Å². The SMILES string of the molecule is Cc1cccc(C)c1NCC(N)C(=O)O. The van der Waals surface area contributed by atoms with Crippen LogP contribution in [0.15, 0.2) is 18.2 Å². The maximum absolute atomic E-state index is 10.5. The molecule has 0 aromatic heterocycles. The Morgan fingerprint density at radius 1 is 1.47 bits per heavy atom. The molecule has 1 atom stereocenters. The van der Waals surface area contributed by atoms with E-state index < -0.39 is 12.0 Å². The number of carboxylic acids is 1. The Kier molecular flexibility index (Phi) is 3.68. The number of aryl methyl sites for hydroxylation is 2. The highest BCUT2D eigenvalue weighted by Crippen LogP contribution is 2.18. The van der Waals surface area contributed by atoms with Gasteiger partial charge in [0, 0.05) is 12.2 Å². The zero-order valence-corrected chi connectivity index (χ0v) is 8.95. The van der Waals surface area contributed by atoms with Gasteiger partial charge in [0.2, 0.25) is 0 Å². The van der Waals surface area contributed by atoms with Gasteiger partial charge in [-0.15, -0.1) is 0 Å². The van der Waals surface area contributed by atoms with Crippen LogP contribution in [0, 0.1) is 13.8 Å². The van der Waals surface area contributed by atoms with Gasteiger partial charge < -0.3 is 16.2 Å². The van der Waals surface area contributed by atoms with E-state index in [4.69, 9.17) is 10.8 Å². The van der Waals surface area contributed by atoms with Crippen molar-refractivity contribution in [1.82, 2.24) is 0 Å². The van der Waals surface area contributed by atoms with Crippen molar-refractivity contribution < 1.29 is 9.90 Å². The van der Waals surface area contributed by atoms with E-state index in [0.717, 1.165) is 16.8 Å². The molecule has 0 bridgehead atoms. The maximum Gasteiger partial charge on any atom is 0.322 e. The van der Waals surface area contributed by atoms with Crippen LogP contribution < -0.4 is 11.1 Å². The Hall–Kier alpha value is -1.55. The summed E-state index contributed by atoms with van der Waals surface area (Å²) in [6.45, 7) is 4.18. The van der Waals surface area contributed by atoms with Crippen LogP contribution in [0.5, 0.6) is 0 Å². The fourth-order valence-corrected chi connectivity index (χ4v) is 1.39. The number of nitrogens with one attached hydrogen (secondary N) is 1. The van der Waals surface area contributed by atoms with Gasteiger partial charge in [-0.2, -0.15) is 0 Å².